The highest BCUT2D eigenvalue weighted by molar-refractivity contribution is 8.03. The molecule has 0 bridgehead atoms. The largest absolute Gasteiger partial charge is 0.473 e. The van der Waals surface area contributed by atoms with E-state index in [1.54, 1.807) is 0 Å². The third-order valence-electron chi connectivity index (χ3n) is 1.45. The first-order valence-corrected chi connectivity index (χ1v) is 4.60. The van der Waals surface area contributed by atoms with Crippen molar-refractivity contribution in [1.29, 1.82) is 0 Å². The molecule has 1 aliphatic rings. The molecular weight excluding hydrogens is 196 g/mol. The number of nitrogens with one attached hydrogen (secondary N) is 1. The third kappa shape index (κ3) is 2.35. The minimum absolute atomic E-state index is 0.156. The van der Waals surface area contributed by atoms with Gasteiger partial charge in [0.15, 0.2) is 5.03 Å². The molecule has 1 saturated heterocycles. The van der Waals surface area contributed by atoms with Crippen LogP contribution in [0.25, 0.3) is 0 Å². The summed E-state index contributed by atoms with van der Waals surface area (Å²) in [5.41, 5.74) is -0.760. The summed E-state index contributed by atoms with van der Waals surface area (Å²) >= 11 is 1.17. The molecule has 0 atom stereocenters. The van der Waals surface area contributed by atoms with Crippen LogP contribution in [0.1, 0.15) is 6.42 Å². The predicted octanol–water partition coefficient (Wildman–Crippen LogP) is 0.243. The molecule has 0 aromatic heterocycles. The molecule has 2 N–H and O–H groups in total. The highest BCUT2D eigenvalue weighted by atomic mass is 32.2. The van der Waals surface area contributed by atoms with Crippen LogP contribution in [0.5, 0.6) is 0 Å². The number of rotatable bonds is 2. The van der Waals surface area contributed by atoms with Crippen molar-refractivity contribution < 1.29 is 14.8 Å². The molecule has 1 heterocycles. The quantitative estimate of drug-likeness (QED) is 0.380. The first kappa shape index (κ1) is 9.85. The van der Waals surface area contributed by atoms with E-state index in [9.17, 15) is 14.9 Å². The van der Waals surface area contributed by atoms with Gasteiger partial charge in [-0.05, 0) is 6.42 Å². The zero-order valence-electron chi connectivity index (χ0n) is 6.65. The van der Waals surface area contributed by atoms with E-state index in [0.717, 1.165) is 6.42 Å². The number of carbonyl (C=O) groups is 1. The number of hydrogen-bond donors (Lipinski definition) is 2. The van der Waals surface area contributed by atoms with Gasteiger partial charge in [-0.3, -0.25) is 10.1 Å². The summed E-state index contributed by atoms with van der Waals surface area (Å²) in [5.74, 6) is -0.783. The second-order valence-corrected chi connectivity index (χ2v) is 3.47. The van der Waals surface area contributed by atoms with Crippen LogP contribution in [-0.2, 0) is 4.79 Å². The Morgan fingerprint density at radius 1 is 1.69 bits per heavy atom. The Morgan fingerprint density at radius 3 is 2.77 bits per heavy atom. The molecule has 0 aliphatic carbocycles. The zero-order valence-corrected chi connectivity index (χ0v) is 7.47. The summed E-state index contributed by atoms with van der Waals surface area (Å²) in [6.45, 7) is 0.590. The molecule has 72 valence electrons. The highest BCUT2D eigenvalue weighted by Crippen LogP contribution is 2.22. The van der Waals surface area contributed by atoms with Crippen molar-refractivity contribution in [3.8, 4) is 0 Å². The van der Waals surface area contributed by atoms with Crippen molar-refractivity contribution in [3.63, 3.8) is 0 Å². The van der Waals surface area contributed by atoms with Gasteiger partial charge in [0.25, 0.3) is 0 Å². The number of hydrogen-bond acceptors (Lipinski definition) is 5. The van der Waals surface area contributed by atoms with E-state index in [-0.39, 0.29) is 5.03 Å². The average Bonchev–Trinajstić information content (AvgIpc) is 2.04. The van der Waals surface area contributed by atoms with E-state index in [4.69, 9.17) is 5.11 Å². The molecule has 0 aromatic rings. The molecule has 0 aromatic carbocycles. The van der Waals surface area contributed by atoms with Crippen LogP contribution >= 0.6 is 11.8 Å². The van der Waals surface area contributed by atoms with Gasteiger partial charge in [0.05, 0.1) is 4.92 Å². The fourth-order valence-electron chi connectivity index (χ4n) is 0.910. The van der Waals surface area contributed by atoms with Crippen molar-refractivity contribution in [3.05, 3.63) is 20.8 Å². The van der Waals surface area contributed by atoms with Crippen LogP contribution in [0.4, 0.5) is 0 Å². The van der Waals surface area contributed by atoms with Crippen LogP contribution in [0.3, 0.4) is 0 Å². The number of aliphatic carboxylic acids is 1. The summed E-state index contributed by atoms with van der Waals surface area (Å²) in [5, 5.41) is 21.8. The van der Waals surface area contributed by atoms with Crippen LogP contribution in [0.15, 0.2) is 10.7 Å². The molecule has 0 radical (unpaired) electrons. The predicted molar refractivity (Wildman–Crippen MR) is 46.7 cm³/mol. The topological polar surface area (TPSA) is 92.5 Å². The summed E-state index contributed by atoms with van der Waals surface area (Å²) in [7, 11) is 0. The van der Waals surface area contributed by atoms with E-state index in [2.05, 4.69) is 5.32 Å². The van der Waals surface area contributed by atoms with Gasteiger partial charge in [-0.15, -0.1) is 11.8 Å². The average molecular weight is 204 g/mol. The van der Waals surface area contributed by atoms with E-state index in [1.807, 2.05) is 0 Å². The number of carboxylic acids is 1. The Hall–Kier alpha value is -1.24. The maximum absolute atomic E-state index is 10.5. The van der Waals surface area contributed by atoms with Gasteiger partial charge in [0.2, 0.25) is 0 Å². The van der Waals surface area contributed by atoms with Gasteiger partial charge >= 0.3 is 11.7 Å². The van der Waals surface area contributed by atoms with E-state index < -0.39 is 16.6 Å². The summed E-state index contributed by atoms with van der Waals surface area (Å²) in [6, 6.07) is 0. The lowest BCUT2D eigenvalue weighted by Gasteiger charge is -2.14. The van der Waals surface area contributed by atoms with Crippen molar-refractivity contribution in [2.75, 3.05) is 12.3 Å². The lowest BCUT2D eigenvalue weighted by Crippen LogP contribution is -2.25. The number of nitro groups is 1. The van der Waals surface area contributed by atoms with Gasteiger partial charge in [-0.1, -0.05) is 0 Å². The van der Waals surface area contributed by atoms with Gasteiger partial charge in [-0.25, -0.2) is 4.79 Å². The summed E-state index contributed by atoms with van der Waals surface area (Å²) < 4.78 is 0. The Bertz CT molecular complexity index is 252. The lowest BCUT2D eigenvalue weighted by atomic mass is 10.4. The van der Waals surface area contributed by atoms with Crippen LogP contribution < -0.4 is 5.32 Å². The van der Waals surface area contributed by atoms with Gasteiger partial charge in [0.1, 0.15) is 0 Å². The smallest absolute Gasteiger partial charge is 0.410 e. The van der Waals surface area contributed by atoms with Crippen LogP contribution in [0, 0.1) is 10.1 Å². The van der Waals surface area contributed by atoms with Crippen molar-refractivity contribution in [2.45, 2.75) is 6.42 Å². The molecule has 0 unspecified atom stereocenters. The molecule has 0 spiro atoms. The maximum atomic E-state index is 10.5. The first-order chi connectivity index (χ1) is 6.13. The minimum atomic E-state index is -1.50. The Kier molecular flexibility index (Phi) is 3.13. The van der Waals surface area contributed by atoms with Crippen LogP contribution in [-0.4, -0.2) is 28.3 Å². The van der Waals surface area contributed by atoms with E-state index in [1.165, 1.54) is 11.8 Å². The Labute approximate surface area is 78.2 Å². The molecule has 1 fully saturated rings. The fourth-order valence-corrected chi connectivity index (χ4v) is 1.91. The van der Waals surface area contributed by atoms with E-state index in [0.29, 0.717) is 12.3 Å². The van der Waals surface area contributed by atoms with E-state index >= 15 is 0 Å². The maximum Gasteiger partial charge on any atom is 0.410 e. The molecule has 6 nitrogen and oxygen atoms in total. The third-order valence-corrected chi connectivity index (χ3v) is 2.57. The molecule has 7 heteroatoms. The standard InChI is InChI=1S/C6H8N2O4S/c9-6(10)4(8(11)12)5-7-2-1-3-13-5/h7H,1-3H2,(H,9,10)/b5-4-. The lowest BCUT2D eigenvalue weighted by molar-refractivity contribution is -0.421. The minimum Gasteiger partial charge on any atom is -0.473 e. The fraction of sp³-hybridized carbons (Fsp3) is 0.500. The number of nitrogens with zero attached hydrogens (tertiary/aromatic N) is 1. The Balaban J connectivity index is 2.93. The first-order valence-electron chi connectivity index (χ1n) is 3.61. The molecule has 0 saturated carbocycles. The molecular formula is C6H8N2O4S. The number of carboxylic acid groups (broad SMARTS) is 1. The van der Waals surface area contributed by atoms with Crippen LogP contribution in [0.2, 0.25) is 0 Å². The second kappa shape index (κ2) is 4.13. The monoisotopic (exact) mass is 204 g/mol. The molecule has 1 aliphatic heterocycles. The van der Waals surface area contributed by atoms with Crippen molar-refractivity contribution in [2.24, 2.45) is 0 Å². The molecule has 1 rings (SSSR count). The Morgan fingerprint density at radius 2 is 2.38 bits per heavy atom. The van der Waals surface area contributed by atoms with Gasteiger partial charge in [0, 0.05) is 12.3 Å². The SMILES string of the molecule is O=C(O)/C(=C1\NCCCS1)[N+](=O)[O-]. The van der Waals surface area contributed by atoms with Crippen molar-refractivity contribution >= 4 is 17.7 Å². The summed E-state index contributed by atoms with van der Waals surface area (Å²) in [4.78, 5) is 20.0. The van der Waals surface area contributed by atoms with Crippen molar-refractivity contribution in [1.82, 2.24) is 5.32 Å². The zero-order chi connectivity index (χ0) is 9.84. The molecule has 13 heavy (non-hydrogen) atoms. The number of thioether (sulfide) groups is 1. The second-order valence-electron chi connectivity index (χ2n) is 2.37. The summed E-state index contributed by atoms with van der Waals surface area (Å²) in [6.07, 6.45) is 0.888. The normalized spacial score (nSPS) is 20.3. The molecule has 0 amide bonds. The van der Waals surface area contributed by atoms with Gasteiger partial charge < -0.3 is 10.4 Å². The van der Waals surface area contributed by atoms with Gasteiger partial charge in [-0.2, -0.15) is 0 Å². The highest BCUT2D eigenvalue weighted by Gasteiger charge is 2.28.